The SMILES string of the molecule is CC(/C=N/O)=N\N=C(C)\C(C)=N\N. The minimum atomic E-state index is 0.492. The molecule has 0 rings (SSSR count). The first-order valence-electron chi connectivity index (χ1n) is 3.63. The molecule has 0 aromatic heterocycles. The summed E-state index contributed by atoms with van der Waals surface area (Å²) in [6.07, 6.45) is 1.19. The summed E-state index contributed by atoms with van der Waals surface area (Å²) in [4.78, 5) is 0. The zero-order valence-corrected chi connectivity index (χ0v) is 7.89. The van der Waals surface area contributed by atoms with Gasteiger partial charge in [-0.05, 0) is 20.8 Å². The molecule has 0 radical (unpaired) electrons. The van der Waals surface area contributed by atoms with E-state index in [1.165, 1.54) is 6.21 Å². The van der Waals surface area contributed by atoms with Crippen molar-refractivity contribution >= 4 is 23.3 Å². The van der Waals surface area contributed by atoms with Crippen LogP contribution in [0, 0.1) is 0 Å². The molecule has 0 bridgehead atoms. The van der Waals surface area contributed by atoms with Crippen LogP contribution in [0.1, 0.15) is 20.8 Å². The summed E-state index contributed by atoms with van der Waals surface area (Å²) < 4.78 is 0. The topological polar surface area (TPSA) is 95.7 Å². The molecule has 0 atom stereocenters. The summed E-state index contributed by atoms with van der Waals surface area (Å²) >= 11 is 0. The Bertz CT molecular complexity index is 277. The van der Waals surface area contributed by atoms with E-state index in [0.717, 1.165) is 0 Å². The Morgan fingerprint density at radius 3 is 2.23 bits per heavy atom. The number of hydrogen-bond donors (Lipinski definition) is 2. The molecule has 0 unspecified atom stereocenters. The molecular weight excluding hydrogens is 170 g/mol. The molecule has 3 N–H and O–H groups in total. The summed E-state index contributed by atoms with van der Waals surface area (Å²) in [5, 5.41) is 21.9. The van der Waals surface area contributed by atoms with Gasteiger partial charge in [-0.3, -0.25) is 0 Å². The minimum Gasteiger partial charge on any atom is -0.411 e. The van der Waals surface area contributed by atoms with Crippen LogP contribution < -0.4 is 5.84 Å². The number of hydrogen-bond acceptors (Lipinski definition) is 6. The quantitative estimate of drug-likeness (QED) is 0.290. The first-order chi connectivity index (χ1) is 6.11. The second-order valence-corrected chi connectivity index (χ2v) is 2.39. The van der Waals surface area contributed by atoms with E-state index in [9.17, 15) is 0 Å². The van der Waals surface area contributed by atoms with E-state index in [1.54, 1.807) is 20.8 Å². The smallest absolute Gasteiger partial charge is 0.0892 e. The Morgan fingerprint density at radius 1 is 1.15 bits per heavy atom. The van der Waals surface area contributed by atoms with E-state index < -0.39 is 0 Å². The monoisotopic (exact) mass is 183 g/mol. The van der Waals surface area contributed by atoms with E-state index in [1.807, 2.05) is 0 Å². The van der Waals surface area contributed by atoms with Crippen LogP contribution in [-0.2, 0) is 0 Å². The van der Waals surface area contributed by atoms with E-state index >= 15 is 0 Å². The molecule has 0 saturated carbocycles. The third-order valence-electron chi connectivity index (χ3n) is 1.32. The molecule has 6 nitrogen and oxygen atoms in total. The first kappa shape index (κ1) is 11.3. The minimum absolute atomic E-state index is 0.492. The highest BCUT2D eigenvalue weighted by Crippen LogP contribution is 1.85. The molecule has 0 saturated heterocycles. The lowest BCUT2D eigenvalue weighted by molar-refractivity contribution is 0.322. The number of nitrogens with zero attached hydrogens (tertiary/aromatic N) is 4. The van der Waals surface area contributed by atoms with E-state index in [2.05, 4.69) is 20.5 Å². The van der Waals surface area contributed by atoms with Crippen LogP contribution in [0.25, 0.3) is 0 Å². The maximum absolute atomic E-state index is 8.15. The van der Waals surface area contributed by atoms with Crippen molar-refractivity contribution in [1.29, 1.82) is 0 Å². The fraction of sp³-hybridized carbons (Fsp3) is 0.429. The van der Waals surface area contributed by atoms with Crippen LogP contribution in [0.3, 0.4) is 0 Å². The lowest BCUT2D eigenvalue weighted by Crippen LogP contribution is -2.07. The second kappa shape index (κ2) is 5.87. The van der Waals surface area contributed by atoms with Crippen molar-refractivity contribution in [3.05, 3.63) is 0 Å². The van der Waals surface area contributed by atoms with Gasteiger partial charge in [-0.1, -0.05) is 5.16 Å². The van der Waals surface area contributed by atoms with Crippen molar-refractivity contribution in [2.45, 2.75) is 20.8 Å². The van der Waals surface area contributed by atoms with Crippen molar-refractivity contribution in [2.75, 3.05) is 0 Å². The highest BCUT2D eigenvalue weighted by Gasteiger charge is 1.94. The van der Waals surface area contributed by atoms with Gasteiger partial charge in [-0.15, -0.1) is 0 Å². The third-order valence-corrected chi connectivity index (χ3v) is 1.32. The Balaban J connectivity index is 4.51. The van der Waals surface area contributed by atoms with Crippen molar-refractivity contribution in [3.8, 4) is 0 Å². The molecule has 13 heavy (non-hydrogen) atoms. The Labute approximate surface area is 76.5 Å². The average Bonchev–Trinajstić information content (AvgIpc) is 2.13. The van der Waals surface area contributed by atoms with Gasteiger partial charge in [-0.2, -0.15) is 15.3 Å². The molecule has 0 amide bonds. The van der Waals surface area contributed by atoms with Crippen molar-refractivity contribution in [2.24, 2.45) is 26.3 Å². The summed E-state index contributed by atoms with van der Waals surface area (Å²) in [6.45, 7) is 5.12. The van der Waals surface area contributed by atoms with Gasteiger partial charge < -0.3 is 11.0 Å². The standard InChI is InChI=1S/C7H13N5O/c1-5(4-9-13)11-12-7(3)6(2)10-8/h4,13H,8H2,1-3H3/b9-4+,10-6+,11-5+,12-7+. The number of hydrazone groups is 1. The molecule has 0 fully saturated rings. The van der Waals surface area contributed by atoms with Crippen LogP contribution in [0.4, 0.5) is 0 Å². The van der Waals surface area contributed by atoms with E-state index in [-0.39, 0.29) is 0 Å². The molecule has 0 aromatic rings. The maximum atomic E-state index is 8.15. The van der Waals surface area contributed by atoms with Crippen LogP contribution in [0.15, 0.2) is 20.5 Å². The zero-order chi connectivity index (χ0) is 10.3. The van der Waals surface area contributed by atoms with Crippen molar-refractivity contribution in [3.63, 3.8) is 0 Å². The Kier molecular flexibility index (Phi) is 5.09. The van der Waals surface area contributed by atoms with Crippen molar-refractivity contribution in [1.82, 2.24) is 0 Å². The number of rotatable bonds is 3. The highest BCUT2D eigenvalue weighted by atomic mass is 16.4. The predicted molar refractivity (Wildman–Crippen MR) is 53.8 cm³/mol. The van der Waals surface area contributed by atoms with Gasteiger partial charge in [-0.25, -0.2) is 0 Å². The molecule has 0 spiro atoms. The van der Waals surface area contributed by atoms with Gasteiger partial charge in [0, 0.05) is 0 Å². The lowest BCUT2D eigenvalue weighted by Gasteiger charge is -1.93. The van der Waals surface area contributed by atoms with Gasteiger partial charge in [0.15, 0.2) is 0 Å². The third kappa shape index (κ3) is 4.67. The molecule has 0 aromatic carbocycles. The summed E-state index contributed by atoms with van der Waals surface area (Å²) in [5.41, 5.74) is 1.72. The molecular formula is C7H13N5O. The van der Waals surface area contributed by atoms with E-state index in [4.69, 9.17) is 11.0 Å². The summed E-state index contributed by atoms with van der Waals surface area (Å²) in [7, 11) is 0. The molecule has 0 heterocycles. The molecule has 72 valence electrons. The molecule has 0 aliphatic rings. The Hall–Kier alpha value is -1.72. The summed E-state index contributed by atoms with van der Waals surface area (Å²) in [6, 6.07) is 0. The van der Waals surface area contributed by atoms with Gasteiger partial charge in [0.25, 0.3) is 0 Å². The maximum Gasteiger partial charge on any atom is 0.0892 e. The molecule has 0 aliphatic carbocycles. The highest BCUT2D eigenvalue weighted by molar-refractivity contribution is 6.40. The second-order valence-electron chi connectivity index (χ2n) is 2.39. The molecule has 0 aliphatic heterocycles. The summed E-state index contributed by atoms with van der Waals surface area (Å²) in [5.74, 6) is 5.03. The first-order valence-corrected chi connectivity index (χ1v) is 3.63. The average molecular weight is 183 g/mol. The van der Waals surface area contributed by atoms with Gasteiger partial charge in [0.05, 0.1) is 23.3 Å². The van der Waals surface area contributed by atoms with Crippen LogP contribution in [0.2, 0.25) is 0 Å². The number of nitrogens with two attached hydrogens (primary N) is 1. The molecule has 6 heteroatoms. The largest absolute Gasteiger partial charge is 0.411 e. The van der Waals surface area contributed by atoms with Crippen LogP contribution in [0.5, 0.6) is 0 Å². The van der Waals surface area contributed by atoms with Crippen LogP contribution >= 0.6 is 0 Å². The Morgan fingerprint density at radius 2 is 1.77 bits per heavy atom. The number of oxime groups is 1. The zero-order valence-electron chi connectivity index (χ0n) is 7.89. The lowest BCUT2D eigenvalue weighted by atomic mass is 10.3. The fourth-order valence-corrected chi connectivity index (χ4v) is 0.429. The van der Waals surface area contributed by atoms with Crippen LogP contribution in [-0.4, -0.2) is 28.6 Å². The fourth-order valence-electron chi connectivity index (χ4n) is 0.429. The van der Waals surface area contributed by atoms with Gasteiger partial charge in [0.2, 0.25) is 0 Å². The van der Waals surface area contributed by atoms with Gasteiger partial charge >= 0.3 is 0 Å². The normalized spacial score (nSPS) is 15.5. The van der Waals surface area contributed by atoms with Gasteiger partial charge in [0.1, 0.15) is 0 Å². The van der Waals surface area contributed by atoms with E-state index in [0.29, 0.717) is 17.1 Å². The van der Waals surface area contributed by atoms with Crippen molar-refractivity contribution < 1.29 is 5.21 Å². The predicted octanol–water partition coefficient (Wildman–Crippen LogP) is 0.618.